The highest BCUT2D eigenvalue weighted by Crippen LogP contribution is 2.37. The van der Waals surface area contributed by atoms with Gasteiger partial charge in [0.2, 0.25) is 0 Å². The molecular weight excluding hydrogens is 265 g/mol. The number of nitrogens with zero attached hydrogens (tertiary/aromatic N) is 2. The average Bonchev–Trinajstić information content (AvgIpc) is 3.22. The van der Waals surface area contributed by atoms with Gasteiger partial charge in [0.05, 0.1) is 17.2 Å². The van der Waals surface area contributed by atoms with Crippen LogP contribution >= 0.6 is 0 Å². The molecule has 0 saturated heterocycles. The molecule has 1 saturated carbocycles. The molecule has 0 amide bonds. The molecule has 1 aromatic rings. The molecule has 1 fully saturated rings. The number of rotatable bonds is 5. The van der Waals surface area contributed by atoms with Crippen LogP contribution in [0.1, 0.15) is 43.7 Å². The fourth-order valence-electron chi connectivity index (χ4n) is 2.28. The van der Waals surface area contributed by atoms with Gasteiger partial charge in [-0.3, -0.25) is 0 Å². The number of alkyl halides is 3. The highest BCUT2D eigenvalue weighted by atomic mass is 19.4. The Morgan fingerprint density at radius 3 is 2.55 bits per heavy atom. The zero-order chi connectivity index (χ0) is 14.8. The minimum atomic E-state index is -4.49. The lowest BCUT2D eigenvalue weighted by Crippen LogP contribution is -2.27. The van der Waals surface area contributed by atoms with Crippen LogP contribution < -0.4 is 4.90 Å². The fourth-order valence-corrected chi connectivity index (χ4v) is 2.28. The molecule has 0 unspecified atom stereocenters. The lowest BCUT2D eigenvalue weighted by molar-refractivity contribution is -0.137. The van der Waals surface area contributed by atoms with Crippen LogP contribution in [0.4, 0.5) is 18.9 Å². The molecule has 20 heavy (non-hydrogen) atoms. The molecule has 1 aliphatic rings. The van der Waals surface area contributed by atoms with E-state index in [1.165, 1.54) is 6.07 Å². The minimum Gasteiger partial charge on any atom is -0.369 e. The van der Waals surface area contributed by atoms with Crippen molar-refractivity contribution in [3.05, 3.63) is 29.3 Å². The Morgan fingerprint density at radius 2 is 2.05 bits per heavy atom. The van der Waals surface area contributed by atoms with Crippen LogP contribution in [0.2, 0.25) is 0 Å². The molecule has 2 nitrogen and oxygen atoms in total. The number of halogens is 3. The predicted octanol–water partition coefficient (Wildman–Crippen LogP) is 4.35. The monoisotopic (exact) mass is 282 g/mol. The summed E-state index contributed by atoms with van der Waals surface area (Å²) in [5.74, 6) is 0. The number of hydrogen-bond acceptors (Lipinski definition) is 2. The van der Waals surface area contributed by atoms with Crippen molar-refractivity contribution in [2.75, 3.05) is 11.4 Å². The van der Waals surface area contributed by atoms with E-state index in [-0.39, 0.29) is 5.56 Å². The van der Waals surface area contributed by atoms with Crippen molar-refractivity contribution in [3.63, 3.8) is 0 Å². The maximum absolute atomic E-state index is 13.0. The van der Waals surface area contributed by atoms with Gasteiger partial charge in [0.25, 0.3) is 0 Å². The topological polar surface area (TPSA) is 27.0 Å². The zero-order valence-electron chi connectivity index (χ0n) is 11.4. The lowest BCUT2D eigenvalue weighted by Gasteiger charge is -2.25. The summed E-state index contributed by atoms with van der Waals surface area (Å²) >= 11 is 0. The smallest absolute Gasteiger partial charge is 0.369 e. The second kappa shape index (κ2) is 5.74. The molecule has 0 radical (unpaired) electrons. The van der Waals surface area contributed by atoms with E-state index in [1.54, 1.807) is 12.1 Å². The molecule has 0 bridgehead atoms. The van der Waals surface area contributed by atoms with E-state index < -0.39 is 11.7 Å². The molecule has 0 aromatic heterocycles. The number of hydrogen-bond donors (Lipinski definition) is 0. The Bertz CT molecular complexity index is 513. The van der Waals surface area contributed by atoms with Crippen molar-refractivity contribution >= 4 is 5.69 Å². The van der Waals surface area contributed by atoms with Gasteiger partial charge < -0.3 is 4.90 Å². The van der Waals surface area contributed by atoms with E-state index >= 15 is 0 Å². The molecule has 1 aliphatic carbocycles. The number of anilines is 1. The highest BCUT2D eigenvalue weighted by molar-refractivity contribution is 5.56. The summed E-state index contributed by atoms with van der Waals surface area (Å²) in [4.78, 5) is 2.04. The van der Waals surface area contributed by atoms with Crippen LogP contribution in [0, 0.1) is 11.3 Å². The Balaban J connectivity index is 2.34. The predicted molar refractivity (Wildman–Crippen MR) is 71.4 cm³/mol. The summed E-state index contributed by atoms with van der Waals surface area (Å²) in [6, 6.07) is 6.00. The van der Waals surface area contributed by atoms with Crippen molar-refractivity contribution in [1.82, 2.24) is 0 Å². The third-order valence-electron chi connectivity index (χ3n) is 3.50. The van der Waals surface area contributed by atoms with Gasteiger partial charge in [0.15, 0.2) is 0 Å². The van der Waals surface area contributed by atoms with Crippen LogP contribution in [0.3, 0.4) is 0 Å². The van der Waals surface area contributed by atoms with Gasteiger partial charge in [-0.25, -0.2) is 0 Å². The van der Waals surface area contributed by atoms with Gasteiger partial charge in [0.1, 0.15) is 0 Å². The molecule has 108 valence electrons. The van der Waals surface area contributed by atoms with Gasteiger partial charge >= 0.3 is 6.18 Å². The van der Waals surface area contributed by atoms with Crippen LogP contribution in [-0.2, 0) is 6.18 Å². The lowest BCUT2D eigenvalue weighted by atomic mass is 10.1. The first kappa shape index (κ1) is 14.7. The summed E-state index contributed by atoms with van der Waals surface area (Å²) in [5.41, 5.74) is -0.570. The molecule has 0 N–H and O–H groups in total. The van der Waals surface area contributed by atoms with Gasteiger partial charge in [-0.2, -0.15) is 18.4 Å². The molecule has 0 heterocycles. The summed E-state index contributed by atoms with van der Waals surface area (Å²) < 4.78 is 38.9. The first-order valence-corrected chi connectivity index (χ1v) is 6.85. The molecule has 1 aromatic carbocycles. The first-order valence-electron chi connectivity index (χ1n) is 6.85. The number of benzene rings is 1. The van der Waals surface area contributed by atoms with Gasteiger partial charge in [-0.05, 0) is 37.5 Å². The Kier molecular flexibility index (Phi) is 4.22. The van der Waals surface area contributed by atoms with Crippen LogP contribution in [0.5, 0.6) is 0 Å². The summed E-state index contributed by atoms with van der Waals surface area (Å²) in [6.07, 6.45) is -0.458. The average molecular weight is 282 g/mol. The van der Waals surface area contributed by atoms with Gasteiger partial charge in [0, 0.05) is 18.3 Å². The molecule has 5 heteroatoms. The largest absolute Gasteiger partial charge is 0.417 e. The first-order chi connectivity index (χ1) is 9.47. The molecule has 0 spiro atoms. The zero-order valence-corrected chi connectivity index (χ0v) is 11.4. The van der Waals surface area contributed by atoms with Gasteiger partial charge in [-0.1, -0.05) is 13.3 Å². The van der Waals surface area contributed by atoms with Crippen LogP contribution in [0.25, 0.3) is 0 Å². The fraction of sp³-hybridized carbons (Fsp3) is 0.533. The van der Waals surface area contributed by atoms with Crippen LogP contribution in [-0.4, -0.2) is 12.6 Å². The third kappa shape index (κ3) is 3.24. The standard InChI is InChI=1S/C15H17F3N2/c1-2-3-8-20(12-6-7-12)13-5-4-11(10-19)14(9-13)15(16,17)18/h4-5,9,12H,2-3,6-8H2,1H3. The van der Waals surface area contributed by atoms with Gasteiger partial charge in [-0.15, -0.1) is 0 Å². The number of nitriles is 1. The second-order valence-corrected chi connectivity index (χ2v) is 5.12. The minimum absolute atomic E-state index is 0.313. The summed E-state index contributed by atoms with van der Waals surface area (Å²) in [7, 11) is 0. The van der Waals surface area contributed by atoms with Crippen molar-refractivity contribution < 1.29 is 13.2 Å². The molecule has 0 aliphatic heterocycles. The highest BCUT2D eigenvalue weighted by Gasteiger charge is 2.35. The van der Waals surface area contributed by atoms with E-state index in [2.05, 4.69) is 6.92 Å². The third-order valence-corrected chi connectivity index (χ3v) is 3.50. The molecule has 0 atom stereocenters. The number of unbranched alkanes of at least 4 members (excludes halogenated alkanes) is 1. The van der Waals surface area contributed by atoms with Crippen molar-refractivity contribution in [1.29, 1.82) is 5.26 Å². The van der Waals surface area contributed by atoms with Crippen LogP contribution in [0.15, 0.2) is 18.2 Å². The van der Waals surface area contributed by atoms with E-state index in [4.69, 9.17) is 5.26 Å². The Labute approximate surface area is 116 Å². The quantitative estimate of drug-likeness (QED) is 0.803. The summed E-state index contributed by atoms with van der Waals surface area (Å²) in [5, 5.41) is 8.81. The maximum atomic E-state index is 13.0. The normalized spacial score (nSPS) is 14.9. The van der Waals surface area contributed by atoms with Crippen molar-refractivity contribution in [2.24, 2.45) is 0 Å². The molecular formula is C15H17F3N2. The Morgan fingerprint density at radius 1 is 1.35 bits per heavy atom. The van der Waals surface area contributed by atoms with E-state index in [0.717, 1.165) is 38.3 Å². The molecule has 2 rings (SSSR count). The van der Waals surface area contributed by atoms with Crippen molar-refractivity contribution in [2.45, 2.75) is 44.8 Å². The SMILES string of the molecule is CCCCN(c1ccc(C#N)c(C(F)(F)F)c1)C1CC1. The van der Waals surface area contributed by atoms with E-state index in [9.17, 15) is 13.2 Å². The van der Waals surface area contributed by atoms with E-state index in [1.807, 2.05) is 4.90 Å². The van der Waals surface area contributed by atoms with E-state index in [0.29, 0.717) is 11.7 Å². The second-order valence-electron chi connectivity index (χ2n) is 5.12. The maximum Gasteiger partial charge on any atom is 0.417 e. The Hall–Kier alpha value is -1.70. The van der Waals surface area contributed by atoms with Crippen molar-refractivity contribution in [3.8, 4) is 6.07 Å². The summed E-state index contributed by atoms with van der Waals surface area (Å²) in [6.45, 7) is 2.83.